The van der Waals surface area contributed by atoms with Gasteiger partial charge in [-0.15, -0.1) is 0 Å². The fourth-order valence-electron chi connectivity index (χ4n) is 3.73. The van der Waals surface area contributed by atoms with Gasteiger partial charge in [-0.2, -0.15) is 0 Å². The molecule has 0 bridgehead atoms. The van der Waals surface area contributed by atoms with Crippen LogP contribution >= 0.6 is 0 Å². The van der Waals surface area contributed by atoms with E-state index in [0.717, 1.165) is 12.3 Å². The number of unbranched alkanes of at least 4 members (excludes halogenated alkanes) is 1. The van der Waals surface area contributed by atoms with Crippen LogP contribution in [0.5, 0.6) is 0 Å². The number of H-pyrrole nitrogens is 1. The first kappa shape index (κ1) is 16.3. The number of nitrogens with one attached hydrogen (secondary N) is 1. The highest BCUT2D eigenvalue weighted by molar-refractivity contribution is 5.82. The monoisotopic (exact) mass is 310 g/mol. The zero-order valence-electron chi connectivity index (χ0n) is 14.6. The molecule has 2 heterocycles. The first-order valence-electron chi connectivity index (χ1n) is 9.25. The summed E-state index contributed by atoms with van der Waals surface area (Å²) >= 11 is 0. The zero-order valence-corrected chi connectivity index (χ0v) is 14.6. The van der Waals surface area contributed by atoms with Gasteiger partial charge in [0.25, 0.3) is 0 Å². The highest BCUT2D eigenvalue weighted by Crippen LogP contribution is 2.22. The predicted octanol–water partition coefficient (Wildman–Crippen LogP) is 5.17. The fourth-order valence-corrected chi connectivity index (χ4v) is 3.73. The first-order valence-corrected chi connectivity index (χ1v) is 9.25. The van der Waals surface area contributed by atoms with Gasteiger partial charge >= 0.3 is 0 Å². The second kappa shape index (κ2) is 7.83. The van der Waals surface area contributed by atoms with E-state index in [2.05, 4.69) is 66.3 Å². The number of aryl methyl sites for hydroxylation is 1. The lowest BCUT2D eigenvalue weighted by Gasteiger charge is -2.34. The van der Waals surface area contributed by atoms with Crippen molar-refractivity contribution in [1.29, 1.82) is 0 Å². The van der Waals surface area contributed by atoms with Gasteiger partial charge in [-0.1, -0.05) is 50.1 Å². The Labute approximate surface area is 140 Å². The van der Waals surface area contributed by atoms with Gasteiger partial charge in [0, 0.05) is 29.7 Å². The van der Waals surface area contributed by atoms with Gasteiger partial charge in [-0.25, -0.2) is 0 Å². The van der Waals surface area contributed by atoms with Gasteiger partial charge in [0.15, 0.2) is 0 Å². The van der Waals surface area contributed by atoms with Gasteiger partial charge in [0.05, 0.1) is 0 Å². The molecule has 0 spiro atoms. The molecule has 2 heteroatoms. The van der Waals surface area contributed by atoms with E-state index >= 15 is 0 Å². The summed E-state index contributed by atoms with van der Waals surface area (Å²) in [5, 5.41) is 1.39. The molecule has 0 saturated carbocycles. The van der Waals surface area contributed by atoms with Crippen LogP contribution in [0.1, 0.15) is 45.1 Å². The molecule has 1 aromatic heterocycles. The Kier molecular flexibility index (Phi) is 5.56. The van der Waals surface area contributed by atoms with Crippen molar-refractivity contribution in [1.82, 2.24) is 9.88 Å². The fraction of sp³-hybridized carbons (Fsp3) is 0.524. The topological polar surface area (TPSA) is 19.0 Å². The molecule has 0 saturated heterocycles. The highest BCUT2D eigenvalue weighted by atomic mass is 15.2. The number of rotatable bonds is 7. The van der Waals surface area contributed by atoms with Crippen molar-refractivity contribution in [2.75, 3.05) is 13.1 Å². The summed E-state index contributed by atoms with van der Waals surface area (Å²) < 4.78 is 0. The number of benzene rings is 1. The van der Waals surface area contributed by atoms with Crippen LogP contribution in [-0.2, 0) is 6.42 Å². The Morgan fingerprint density at radius 2 is 2.04 bits per heavy atom. The third-order valence-corrected chi connectivity index (χ3v) is 5.20. The van der Waals surface area contributed by atoms with Crippen LogP contribution < -0.4 is 0 Å². The SMILES string of the molecule is CCCCC1C=CC(C)N(CCCc2c[nH]c3ccccc23)C1. The minimum atomic E-state index is 0.593. The van der Waals surface area contributed by atoms with Gasteiger partial charge in [0.1, 0.15) is 0 Å². The zero-order chi connectivity index (χ0) is 16.1. The Bertz CT molecular complexity index is 640. The molecule has 2 unspecified atom stereocenters. The molecule has 1 aliphatic heterocycles. The van der Waals surface area contributed by atoms with Crippen molar-refractivity contribution in [3.05, 3.63) is 48.2 Å². The van der Waals surface area contributed by atoms with E-state index in [-0.39, 0.29) is 0 Å². The van der Waals surface area contributed by atoms with Crippen molar-refractivity contribution in [3.63, 3.8) is 0 Å². The van der Waals surface area contributed by atoms with Crippen molar-refractivity contribution in [2.24, 2.45) is 5.92 Å². The normalized spacial score (nSPS) is 22.0. The molecule has 2 nitrogen and oxygen atoms in total. The van der Waals surface area contributed by atoms with E-state index in [1.165, 1.54) is 55.2 Å². The molecule has 2 atom stereocenters. The molecule has 0 fully saturated rings. The summed E-state index contributed by atoms with van der Waals surface area (Å²) in [5.41, 5.74) is 2.72. The predicted molar refractivity (Wildman–Crippen MR) is 99.8 cm³/mol. The van der Waals surface area contributed by atoms with Crippen LogP contribution in [0.3, 0.4) is 0 Å². The average Bonchev–Trinajstić information content (AvgIpc) is 2.99. The largest absolute Gasteiger partial charge is 0.361 e. The summed E-state index contributed by atoms with van der Waals surface area (Å²) in [5.74, 6) is 0.763. The molecule has 0 aliphatic carbocycles. The summed E-state index contributed by atoms with van der Waals surface area (Å²) in [4.78, 5) is 6.05. The molecule has 1 N–H and O–H groups in total. The number of nitrogens with zero attached hydrogens (tertiary/aromatic N) is 1. The summed E-state index contributed by atoms with van der Waals surface area (Å²) in [6.45, 7) is 7.06. The number of fused-ring (bicyclic) bond motifs is 1. The van der Waals surface area contributed by atoms with Crippen LogP contribution in [-0.4, -0.2) is 29.0 Å². The summed E-state index contributed by atoms with van der Waals surface area (Å²) in [7, 11) is 0. The van der Waals surface area contributed by atoms with Gasteiger partial charge in [0.2, 0.25) is 0 Å². The molecule has 0 radical (unpaired) electrons. The number of para-hydroxylation sites is 1. The molecule has 0 amide bonds. The Morgan fingerprint density at radius 3 is 2.91 bits per heavy atom. The maximum atomic E-state index is 3.39. The van der Waals surface area contributed by atoms with E-state index in [0.29, 0.717) is 6.04 Å². The lowest BCUT2D eigenvalue weighted by molar-refractivity contribution is 0.197. The van der Waals surface area contributed by atoms with Gasteiger partial charge in [-0.3, -0.25) is 4.90 Å². The smallest absolute Gasteiger partial charge is 0.0456 e. The van der Waals surface area contributed by atoms with E-state index in [1.807, 2.05) is 0 Å². The van der Waals surface area contributed by atoms with E-state index in [1.54, 1.807) is 0 Å². The number of hydrogen-bond donors (Lipinski definition) is 1. The molecule has 1 aromatic carbocycles. The minimum absolute atomic E-state index is 0.593. The first-order chi connectivity index (χ1) is 11.3. The van der Waals surface area contributed by atoms with Crippen molar-refractivity contribution < 1.29 is 0 Å². The molecular weight excluding hydrogens is 280 g/mol. The Morgan fingerprint density at radius 1 is 1.17 bits per heavy atom. The summed E-state index contributed by atoms with van der Waals surface area (Å²) in [6.07, 6.45) is 13.5. The third-order valence-electron chi connectivity index (χ3n) is 5.20. The van der Waals surface area contributed by atoms with E-state index < -0.39 is 0 Å². The average molecular weight is 310 g/mol. The molecule has 3 rings (SSSR count). The minimum Gasteiger partial charge on any atom is -0.361 e. The highest BCUT2D eigenvalue weighted by Gasteiger charge is 2.20. The molecule has 2 aromatic rings. The number of aromatic amines is 1. The molecule has 124 valence electrons. The van der Waals surface area contributed by atoms with Crippen LogP contribution in [0.2, 0.25) is 0 Å². The standard InChI is InChI=1S/C21H30N2/c1-3-4-8-18-13-12-17(2)23(16-18)14-7-9-19-15-22-21-11-6-5-10-20(19)21/h5-6,10-13,15,17-18,22H,3-4,7-9,14,16H2,1-2H3. The van der Waals surface area contributed by atoms with Crippen LogP contribution in [0, 0.1) is 5.92 Å². The van der Waals surface area contributed by atoms with Gasteiger partial charge in [-0.05, 0) is 50.3 Å². The lowest BCUT2D eigenvalue weighted by Crippen LogP contribution is -2.39. The molecule has 23 heavy (non-hydrogen) atoms. The molecular formula is C21H30N2. The third kappa shape index (κ3) is 4.06. The van der Waals surface area contributed by atoms with E-state index in [9.17, 15) is 0 Å². The quantitative estimate of drug-likeness (QED) is 0.699. The number of hydrogen-bond acceptors (Lipinski definition) is 1. The number of aromatic nitrogens is 1. The van der Waals surface area contributed by atoms with Crippen molar-refractivity contribution in [2.45, 2.75) is 52.0 Å². The lowest BCUT2D eigenvalue weighted by atomic mass is 9.95. The molecule has 1 aliphatic rings. The van der Waals surface area contributed by atoms with Crippen LogP contribution in [0.15, 0.2) is 42.6 Å². The van der Waals surface area contributed by atoms with Crippen molar-refractivity contribution in [3.8, 4) is 0 Å². The maximum Gasteiger partial charge on any atom is 0.0456 e. The van der Waals surface area contributed by atoms with Gasteiger partial charge < -0.3 is 4.98 Å². The second-order valence-electron chi connectivity index (χ2n) is 6.99. The van der Waals surface area contributed by atoms with Crippen LogP contribution in [0.25, 0.3) is 10.9 Å². The Hall–Kier alpha value is -1.54. The van der Waals surface area contributed by atoms with Crippen molar-refractivity contribution >= 4 is 10.9 Å². The van der Waals surface area contributed by atoms with E-state index in [4.69, 9.17) is 0 Å². The second-order valence-corrected chi connectivity index (χ2v) is 6.99. The summed E-state index contributed by atoms with van der Waals surface area (Å²) in [6, 6.07) is 9.22. The Balaban J connectivity index is 1.52. The maximum absolute atomic E-state index is 3.39. The van der Waals surface area contributed by atoms with Crippen LogP contribution in [0.4, 0.5) is 0 Å².